The summed E-state index contributed by atoms with van der Waals surface area (Å²) in [6.07, 6.45) is 0. The van der Waals surface area contributed by atoms with Crippen LogP contribution in [0.4, 0.5) is 4.39 Å². The minimum atomic E-state index is -1.19. The number of hydrogen-bond donors (Lipinski definition) is 2. The fraction of sp³-hybridized carbons (Fsp3) is 0.125. The highest BCUT2D eigenvalue weighted by atomic mass is 35.5. The molecule has 0 aliphatic heterocycles. The molecule has 2 rings (SSSR count). The van der Waals surface area contributed by atoms with E-state index in [-0.39, 0.29) is 11.7 Å². The van der Waals surface area contributed by atoms with Crippen LogP contribution in [0, 0.1) is 5.82 Å². The van der Waals surface area contributed by atoms with Crippen molar-refractivity contribution in [3.63, 3.8) is 0 Å². The molecule has 0 saturated carbocycles. The minimum absolute atomic E-state index is 0.158. The number of carbonyl (C=O) groups excluding carboxylic acids is 1. The summed E-state index contributed by atoms with van der Waals surface area (Å²) in [4.78, 5) is 22.0. The smallest absolute Gasteiger partial charge is 0.341 e. The Kier molecular flexibility index (Phi) is 5.18. The number of hydrogen-bond acceptors (Lipinski definition) is 3. The zero-order valence-electron chi connectivity index (χ0n) is 12.1. The van der Waals surface area contributed by atoms with E-state index < -0.39 is 18.4 Å². The zero-order valence-corrected chi connectivity index (χ0v) is 12.9. The maximum Gasteiger partial charge on any atom is 0.341 e. The molecule has 2 aromatic rings. The van der Waals surface area contributed by atoms with E-state index in [0.29, 0.717) is 21.7 Å². The van der Waals surface area contributed by atoms with Crippen LogP contribution in [0.3, 0.4) is 0 Å². The number of benzene rings is 2. The SMILES string of the molecule is CNC(=O)c1ccc(-c2ccc(OCC(=O)O)c(F)c2)c(Cl)c1. The van der Waals surface area contributed by atoms with Gasteiger partial charge in [0, 0.05) is 23.2 Å². The van der Waals surface area contributed by atoms with Crippen molar-refractivity contribution in [2.75, 3.05) is 13.7 Å². The second-order valence-electron chi connectivity index (χ2n) is 4.60. The summed E-state index contributed by atoms with van der Waals surface area (Å²) in [6.45, 7) is -0.627. The van der Waals surface area contributed by atoms with Crippen LogP contribution >= 0.6 is 11.6 Å². The number of rotatable bonds is 5. The first-order chi connectivity index (χ1) is 10.9. The van der Waals surface area contributed by atoms with Crippen molar-refractivity contribution in [1.82, 2.24) is 5.32 Å². The molecule has 1 amide bonds. The topological polar surface area (TPSA) is 75.6 Å². The number of aliphatic carboxylic acids is 1. The first-order valence-corrected chi connectivity index (χ1v) is 6.96. The van der Waals surface area contributed by atoms with Gasteiger partial charge < -0.3 is 15.2 Å². The molecule has 0 bridgehead atoms. The normalized spacial score (nSPS) is 10.2. The lowest BCUT2D eigenvalue weighted by Gasteiger charge is -2.09. The summed E-state index contributed by atoms with van der Waals surface area (Å²) in [5.74, 6) is -2.33. The van der Waals surface area contributed by atoms with Crippen LogP contribution in [-0.4, -0.2) is 30.6 Å². The molecular formula is C16H13ClFNO4. The first kappa shape index (κ1) is 16.8. The predicted molar refractivity (Wildman–Crippen MR) is 83.4 cm³/mol. The highest BCUT2D eigenvalue weighted by Gasteiger charge is 2.12. The van der Waals surface area contributed by atoms with Crippen molar-refractivity contribution in [3.05, 3.63) is 52.8 Å². The third-order valence-electron chi connectivity index (χ3n) is 3.05. The molecule has 2 N–H and O–H groups in total. The van der Waals surface area contributed by atoms with Crippen LogP contribution in [-0.2, 0) is 4.79 Å². The van der Waals surface area contributed by atoms with E-state index in [9.17, 15) is 14.0 Å². The van der Waals surface area contributed by atoms with Gasteiger partial charge >= 0.3 is 5.97 Å². The Bertz CT molecular complexity index is 764. The Morgan fingerprint density at radius 2 is 2.00 bits per heavy atom. The van der Waals surface area contributed by atoms with E-state index in [4.69, 9.17) is 21.4 Å². The lowest BCUT2D eigenvalue weighted by molar-refractivity contribution is -0.139. The van der Waals surface area contributed by atoms with Gasteiger partial charge in [-0.3, -0.25) is 4.79 Å². The van der Waals surface area contributed by atoms with Crippen molar-refractivity contribution in [2.24, 2.45) is 0 Å². The lowest BCUT2D eigenvalue weighted by atomic mass is 10.0. The Balaban J connectivity index is 2.30. The molecule has 5 nitrogen and oxygen atoms in total. The fourth-order valence-corrected chi connectivity index (χ4v) is 2.25. The van der Waals surface area contributed by atoms with Gasteiger partial charge in [0.05, 0.1) is 0 Å². The number of halogens is 2. The quantitative estimate of drug-likeness (QED) is 0.879. The molecule has 0 atom stereocenters. The highest BCUT2D eigenvalue weighted by molar-refractivity contribution is 6.33. The van der Waals surface area contributed by atoms with Crippen molar-refractivity contribution in [2.45, 2.75) is 0 Å². The average molecular weight is 338 g/mol. The van der Waals surface area contributed by atoms with E-state index in [0.717, 1.165) is 0 Å². The van der Waals surface area contributed by atoms with Gasteiger partial charge in [-0.2, -0.15) is 0 Å². The molecule has 2 aromatic carbocycles. The van der Waals surface area contributed by atoms with Crippen molar-refractivity contribution >= 4 is 23.5 Å². The molecule has 23 heavy (non-hydrogen) atoms. The van der Waals surface area contributed by atoms with Gasteiger partial charge in [-0.1, -0.05) is 23.7 Å². The Morgan fingerprint density at radius 1 is 1.26 bits per heavy atom. The van der Waals surface area contributed by atoms with Crippen molar-refractivity contribution in [1.29, 1.82) is 0 Å². The number of amides is 1. The first-order valence-electron chi connectivity index (χ1n) is 6.58. The van der Waals surface area contributed by atoms with E-state index in [2.05, 4.69) is 5.32 Å². The molecule has 0 saturated heterocycles. The monoisotopic (exact) mass is 337 g/mol. The summed E-state index contributed by atoms with van der Waals surface area (Å²) >= 11 is 6.15. The van der Waals surface area contributed by atoms with Gasteiger partial charge in [0.15, 0.2) is 18.2 Å². The van der Waals surface area contributed by atoms with Gasteiger partial charge in [0.2, 0.25) is 0 Å². The largest absolute Gasteiger partial charge is 0.479 e. The Labute approximate surface area is 136 Å². The molecule has 0 fully saturated rings. The molecule has 0 spiro atoms. The van der Waals surface area contributed by atoms with Crippen LogP contribution in [0.15, 0.2) is 36.4 Å². The molecule has 0 radical (unpaired) electrons. The van der Waals surface area contributed by atoms with Crippen LogP contribution in [0.1, 0.15) is 10.4 Å². The van der Waals surface area contributed by atoms with Crippen LogP contribution in [0.2, 0.25) is 5.02 Å². The van der Waals surface area contributed by atoms with Gasteiger partial charge in [0.1, 0.15) is 0 Å². The van der Waals surface area contributed by atoms with Gasteiger partial charge in [-0.05, 0) is 29.8 Å². The van der Waals surface area contributed by atoms with E-state index >= 15 is 0 Å². The standard InChI is InChI=1S/C16H13ClFNO4/c1-19-16(22)10-2-4-11(12(17)6-10)9-3-5-14(13(18)7-9)23-8-15(20)21/h2-7H,8H2,1H3,(H,19,22)(H,20,21). The molecular weight excluding hydrogens is 325 g/mol. The van der Waals surface area contributed by atoms with E-state index in [1.165, 1.54) is 25.2 Å². The number of carbonyl (C=O) groups is 2. The number of carboxylic acids is 1. The fourth-order valence-electron chi connectivity index (χ4n) is 1.96. The summed E-state index contributed by atoms with van der Waals surface area (Å²) in [6, 6.07) is 8.75. The van der Waals surface area contributed by atoms with Crippen molar-refractivity contribution < 1.29 is 23.8 Å². The second-order valence-corrected chi connectivity index (χ2v) is 5.01. The average Bonchev–Trinajstić information content (AvgIpc) is 2.52. The van der Waals surface area contributed by atoms with E-state index in [1.807, 2.05) is 0 Å². The molecule has 0 heterocycles. The molecule has 0 aliphatic carbocycles. The maximum absolute atomic E-state index is 14.0. The Morgan fingerprint density at radius 3 is 2.57 bits per heavy atom. The van der Waals surface area contributed by atoms with Crippen LogP contribution < -0.4 is 10.1 Å². The van der Waals surface area contributed by atoms with Gasteiger partial charge in [-0.15, -0.1) is 0 Å². The van der Waals surface area contributed by atoms with Crippen LogP contribution in [0.5, 0.6) is 5.75 Å². The van der Waals surface area contributed by atoms with Gasteiger partial charge in [0.25, 0.3) is 5.91 Å². The zero-order chi connectivity index (χ0) is 17.0. The summed E-state index contributed by atoms with van der Waals surface area (Å²) < 4.78 is 18.8. The lowest BCUT2D eigenvalue weighted by Crippen LogP contribution is -2.17. The predicted octanol–water partition coefficient (Wildman–Crippen LogP) is 2.97. The highest BCUT2D eigenvalue weighted by Crippen LogP contribution is 2.31. The summed E-state index contributed by atoms with van der Waals surface area (Å²) in [7, 11) is 1.51. The second kappa shape index (κ2) is 7.11. The molecule has 120 valence electrons. The molecule has 0 aliphatic rings. The summed E-state index contributed by atoms with van der Waals surface area (Å²) in [5.41, 5.74) is 1.42. The summed E-state index contributed by atoms with van der Waals surface area (Å²) in [5, 5.41) is 11.3. The maximum atomic E-state index is 14.0. The third-order valence-corrected chi connectivity index (χ3v) is 3.37. The van der Waals surface area contributed by atoms with E-state index in [1.54, 1.807) is 18.2 Å². The molecule has 7 heteroatoms. The number of ether oxygens (including phenoxy) is 1. The third kappa shape index (κ3) is 3.98. The van der Waals surface area contributed by atoms with Crippen LogP contribution in [0.25, 0.3) is 11.1 Å². The minimum Gasteiger partial charge on any atom is -0.479 e. The molecule has 0 unspecified atom stereocenters. The number of carboxylic acid groups (broad SMARTS) is 1. The van der Waals surface area contributed by atoms with Crippen molar-refractivity contribution in [3.8, 4) is 16.9 Å². The van der Waals surface area contributed by atoms with Gasteiger partial charge in [-0.25, -0.2) is 9.18 Å². The Hall–Kier alpha value is -2.60. The molecule has 0 aromatic heterocycles. The number of nitrogens with one attached hydrogen (secondary N) is 1.